The number of para-hydroxylation sites is 1. The van der Waals surface area contributed by atoms with Gasteiger partial charge in [-0.15, -0.1) is 0 Å². The lowest BCUT2D eigenvalue weighted by molar-refractivity contribution is -0.137. The van der Waals surface area contributed by atoms with Crippen molar-refractivity contribution in [3.63, 3.8) is 0 Å². The van der Waals surface area contributed by atoms with E-state index >= 15 is 0 Å². The number of carbonyl (C=O) groups excluding carboxylic acids is 1. The summed E-state index contributed by atoms with van der Waals surface area (Å²) in [4.78, 5) is 13.9. The van der Waals surface area contributed by atoms with Gasteiger partial charge in [-0.05, 0) is 6.07 Å². The Balaban J connectivity index is 0.000000232. The number of hydrogen-bond acceptors (Lipinski definition) is 5. The van der Waals surface area contributed by atoms with E-state index in [2.05, 4.69) is 9.72 Å². The van der Waals surface area contributed by atoms with Gasteiger partial charge in [0.05, 0.1) is 18.2 Å². The maximum atomic E-state index is 9.62. The third-order valence-corrected chi connectivity index (χ3v) is 2.57. The van der Waals surface area contributed by atoms with Crippen molar-refractivity contribution in [2.45, 2.75) is 6.92 Å². The van der Waals surface area contributed by atoms with Crippen LogP contribution in [-0.4, -0.2) is 23.2 Å². The van der Waals surface area contributed by atoms with E-state index < -0.39 is 0 Å². The van der Waals surface area contributed by atoms with E-state index in [1.54, 1.807) is 0 Å². The highest BCUT2D eigenvalue weighted by Gasteiger charge is 2.15. The molecule has 2 aliphatic heterocycles. The quantitative estimate of drug-likeness (QED) is 0.628. The summed E-state index contributed by atoms with van der Waals surface area (Å²) in [5, 5.41) is 10.6. The zero-order chi connectivity index (χ0) is 13.8. The smallest absolute Gasteiger partial charge is 0.302 e. The number of aromatic hydroxyl groups is 1. The topological polar surface area (TPSA) is 72.6 Å². The van der Waals surface area contributed by atoms with Crippen LogP contribution in [0.2, 0.25) is 0 Å². The van der Waals surface area contributed by atoms with Gasteiger partial charge in [0.1, 0.15) is 18.2 Å². The van der Waals surface area contributed by atoms with Gasteiger partial charge < -0.3 is 14.3 Å². The molecule has 0 aromatic heterocycles. The molecule has 3 rings (SSSR count). The first kappa shape index (κ1) is 12.9. The van der Waals surface area contributed by atoms with E-state index in [4.69, 9.17) is 4.42 Å². The van der Waals surface area contributed by atoms with Gasteiger partial charge in [-0.2, -0.15) is 0 Å². The molecule has 0 fully saturated rings. The highest BCUT2D eigenvalue weighted by atomic mass is 16.5. The van der Waals surface area contributed by atoms with E-state index in [0.717, 1.165) is 16.5 Å². The molecular weight excluding hydrogens is 246 g/mol. The molecule has 0 saturated carbocycles. The second kappa shape index (κ2) is 5.39. The van der Waals surface area contributed by atoms with Crippen molar-refractivity contribution in [2.75, 3.05) is 7.11 Å². The van der Waals surface area contributed by atoms with Gasteiger partial charge in [0.25, 0.3) is 0 Å². The van der Waals surface area contributed by atoms with Gasteiger partial charge in [-0.1, -0.05) is 18.2 Å². The molecule has 0 radical (unpaired) electrons. The largest absolute Gasteiger partial charge is 0.504 e. The van der Waals surface area contributed by atoms with Crippen LogP contribution in [0.4, 0.5) is 0 Å². The summed E-state index contributed by atoms with van der Waals surface area (Å²) in [5.41, 5.74) is 2.32. The summed E-state index contributed by atoms with van der Waals surface area (Å²) < 4.78 is 9.05. The van der Waals surface area contributed by atoms with Crippen molar-refractivity contribution in [1.82, 2.24) is 4.98 Å². The number of carbonyl (C=O) groups is 1. The highest BCUT2D eigenvalue weighted by Crippen LogP contribution is 2.37. The fraction of sp³-hybridized carbons (Fsp3) is 0.143. The first-order chi connectivity index (χ1) is 9.13. The molecule has 1 aromatic rings. The molecule has 0 unspecified atom stereocenters. The van der Waals surface area contributed by atoms with Crippen molar-refractivity contribution in [1.29, 1.82) is 0 Å². The number of rotatable bonds is 0. The third-order valence-electron chi connectivity index (χ3n) is 2.57. The molecule has 5 heteroatoms. The maximum Gasteiger partial charge on any atom is 0.302 e. The minimum Gasteiger partial charge on any atom is -0.504 e. The van der Waals surface area contributed by atoms with Crippen molar-refractivity contribution in [3.8, 4) is 17.0 Å². The maximum absolute atomic E-state index is 9.62. The molecule has 1 N–H and O–H groups in total. The summed E-state index contributed by atoms with van der Waals surface area (Å²) >= 11 is 0. The zero-order valence-electron chi connectivity index (χ0n) is 10.6. The second-order valence-corrected chi connectivity index (χ2v) is 3.84. The van der Waals surface area contributed by atoms with Gasteiger partial charge in [0.15, 0.2) is 5.75 Å². The molecule has 0 aliphatic carbocycles. The number of ether oxygens (including phenoxy) is 1. The van der Waals surface area contributed by atoms with Crippen molar-refractivity contribution in [3.05, 3.63) is 36.8 Å². The standard InChI is InChI=1S/C11H7NO2.C3H6O2/c13-10-6-14-5-9-11(10)7-3-1-2-4-8(7)12-9;1-3(4)5-2/h1-6,13H;1-2H3. The Hall–Kier alpha value is -2.56. The van der Waals surface area contributed by atoms with Crippen LogP contribution in [0, 0.1) is 0 Å². The van der Waals surface area contributed by atoms with E-state index in [1.807, 2.05) is 24.3 Å². The lowest BCUT2D eigenvalue weighted by atomic mass is 10.1. The number of esters is 1. The van der Waals surface area contributed by atoms with Gasteiger partial charge in [0, 0.05) is 12.3 Å². The lowest BCUT2D eigenvalue weighted by Gasteiger charge is -1.98. The molecule has 0 saturated heterocycles. The molecule has 98 valence electrons. The molecular formula is C14H13NO4. The Kier molecular flexibility index (Phi) is 3.66. The van der Waals surface area contributed by atoms with Crippen molar-refractivity contribution >= 4 is 16.9 Å². The minimum atomic E-state index is -0.245. The van der Waals surface area contributed by atoms with Crippen LogP contribution in [0.5, 0.6) is 5.75 Å². The van der Waals surface area contributed by atoms with E-state index in [0.29, 0.717) is 5.69 Å². The first-order valence-corrected chi connectivity index (χ1v) is 5.61. The molecule has 2 aliphatic rings. The summed E-state index contributed by atoms with van der Waals surface area (Å²) in [6.45, 7) is 1.36. The summed E-state index contributed by atoms with van der Waals surface area (Å²) in [5.74, 6) is -0.110. The SMILES string of the molecule is COC(C)=O.Oc1cocc2nc3ccccc3c1-2. The number of benzene rings is 1. The van der Waals surface area contributed by atoms with Gasteiger partial charge >= 0.3 is 5.97 Å². The van der Waals surface area contributed by atoms with E-state index in [9.17, 15) is 9.90 Å². The van der Waals surface area contributed by atoms with Crippen molar-refractivity contribution in [2.24, 2.45) is 0 Å². The Morgan fingerprint density at radius 1 is 1.32 bits per heavy atom. The average Bonchev–Trinajstić information content (AvgIpc) is 2.79. The number of hydrogen-bond donors (Lipinski definition) is 1. The molecule has 1 aromatic carbocycles. The van der Waals surface area contributed by atoms with Crippen LogP contribution in [-0.2, 0) is 9.53 Å². The molecule has 5 nitrogen and oxygen atoms in total. The van der Waals surface area contributed by atoms with Crippen LogP contribution >= 0.6 is 0 Å². The molecule has 2 heterocycles. The first-order valence-electron chi connectivity index (χ1n) is 5.61. The van der Waals surface area contributed by atoms with Crippen LogP contribution in [0.3, 0.4) is 0 Å². The third kappa shape index (κ3) is 2.65. The summed E-state index contributed by atoms with van der Waals surface area (Å²) in [6, 6.07) is 7.69. The second-order valence-electron chi connectivity index (χ2n) is 3.84. The lowest BCUT2D eigenvalue weighted by Crippen LogP contribution is -1.88. The Morgan fingerprint density at radius 2 is 2.00 bits per heavy atom. The van der Waals surface area contributed by atoms with Crippen LogP contribution < -0.4 is 0 Å². The fourth-order valence-corrected chi connectivity index (χ4v) is 1.68. The van der Waals surface area contributed by atoms with E-state index in [1.165, 1.54) is 26.6 Å². The van der Waals surface area contributed by atoms with Crippen molar-refractivity contribution < 1.29 is 19.1 Å². The average molecular weight is 259 g/mol. The normalized spacial score (nSPS) is 10.0. The van der Waals surface area contributed by atoms with Crippen LogP contribution in [0.25, 0.3) is 22.2 Å². The predicted molar refractivity (Wildman–Crippen MR) is 70.0 cm³/mol. The Morgan fingerprint density at radius 3 is 2.68 bits per heavy atom. The Bertz CT molecular complexity index is 674. The highest BCUT2D eigenvalue weighted by molar-refractivity contribution is 5.99. The minimum absolute atomic E-state index is 0.135. The fourth-order valence-electron chi connectivity index (χ4n) is 1.68. The molecule has 0 atom stereocenters. The monoisotopic (exact) mass is 259 g/mol. The van der Waals surface area contributed by atoms with Gasteiger partial charge in [-0.3, -0.25) is 4.79 Å². The zero-order valence-corrected chi connectivity index (χ0v) is 10.6. The number of aromatic nitrogens is 1. The van der Waals surface area contributed by atoms with E-state index in [-0.39, 0.29) is 11.7 Å². The summed E-state index contributed by atoms with van der Waals surface area (Å²) in [6.07, 6.45) is 2.85. The van der Waals surface area contributed by atoms with Gasteiger partial charge in [0.2, 0.25) is 0 Å². The molecule has 19 heavy (non-hydrogen) atoms. The number of fused-ring (bicyclic) bond motifs is 3. The number of methoxy groups -OCH3 is 1. The number of nitrogens with zero attached hydrogens (tertiary/aromatic N) is 1. The Labute approximate surface area is 109 Å². The molecule has 0 spiro atoms. The summed E-state index contributed by atoms with van der Waals surface area (Å²) in [7, 11) is 1.35. The van der Waals surface area contributed by atoms with Gasteiger partial charge in [-0.25, -0.2) is 4.98 Å². The molecule has 0 amide bonds. The predicted octanol–water partition coefficient (Wildman–Crippen LogP) is 2.82. The van der Waals surface area contributed by atoms with Crippen LogP contribution in [0.15, 0.2) is 41.2 Å². The van der Waals surface area contributed by atoms with Crippen LogP contribution in [0.1, 0.15) is 6.92 Å². The molecule has 0 bridgehead atoms.